The Morgan fingerprint density at radius 1 is 0.643 bits per heavy atom. The van der Waals surface area contributed by atoms with Crippen LogP contribution in [0.25, 0.3) is 10.8 Å². The van der Waals surface area contributed by atoms with Crippen molar-refractivity contribution in [3.05, 3.63) is 10.8 Å². The topological polar surface area (TPSA) is 92.2 Å². The van der Waals surface area contributed by atoms with Crippen LogP contribution < -0.4 is 0 Å². The molecule has 0 N–H and O–H groups in total. The molecule has 0 aromatic heterocycles. The summed E-state index contributed by atoms with van der Waals surface area (Å²) >= 11 is 14.8. The van der Waals surface area contributed by atoms with Crippen molar-refractivity contribution in [3.8, 4) is 10.8 Å². The average molecular weight is 899 g/mol. The molecule has 0 atom stereocenters. The van der Waals surface area contributed by atoms with E-state index in [1.165, 1.54) is 21.1 Å². The van der Waals surface area contributed by atoms with E-state index in [4.69, 9.17) is 21.3 Å². The summed E-state index contributed by atoms with van der Waals surface area (Å²) in [4.78, 5) is 0. The summed E-state index contributed by atoms with van der Waals surface area (Å²) in [7, 11) is 0.444. The number of nitriles is 2. The summed E-state index contributed by atoms with van der Waals surface area (Å²) in [6.07, 6.45) is 0. The van der Waals surface area contributed by atoms with Gasteiger partial charge in [-0.3, -0.25) is 0 Å². The molecule has 0 aliphatic carbocycles. The first kappa shape index (κ1) is 52.2. The second kappa shape index (κ2) is 56.9. The fourth-order valence-electron chi connectivity index (χ4n) is 1.41. The molecular weight excluding hydrogens is 867 g/mol. The molecule has 0 aromatic rings. The Morgan fingerprint density at radius 3 is 0.714 bits per heavy atom. The van der Waals surface area contributed by atoms with Crippen molar-refractivity contribution in [2.24, 2.45) is 0 Å². The minimum atomic E-state index is 0. The van der Waals surface area contributed by atoms with Crippen LogP contribution >= 0.6 is 56.1 Å². The molecule has 0 amide bonds. The maximum Gasteiger partial charge on any atom is 2.00 e. The Bertz CT molecular complexity index is 357. The normalized spacial score (nSPS) is 6.64. The van der Waals surface area contributed by atoms with E-state index >= 15 is 0 Å². The molecule has 0 rings (SSSR count). The Balaban J connectivity index is -0.0000000297. The van der Waals surface area contributed by atoms with Crippen molar-refractivity contribution in [1.29, 1.82) is 10.5 Å². The van der Waals surface area contributed by atoms with Gasteiger partial charge < -0.3 is 36.1 Å². The number of thiocyanates is 2. The molecule has 0 unspecified atom stereocenters. The Hall–Kier alpha value is 2.12. The molecule has 0 saturated heterocycles. The zero-order chi connectivity index (χ0) is 22.6. The Morgan fingerprint density at radius 2 is 0.714 bits per heavy atom. The molecule has 0 heterocycles. The largest absolute Gasteiger partial charge is 2.00 e. The van der Waals surface area contributed by atoms with Gasteiger partial charge in [-0.15, -0.1) is 0 Å². The van der Waals surface area contributed by atoms with Gasteiger partial charge in [-0.05, 0) is 0 Å². The summed E-state index contributed by atoms with van der Waals surface area (Å²) in [5.74, 6) is 3.13. The fourth-order valence-corrected chi connectivity index (χ4v) is 12.7. The number of isothiocyanates is 2. The molecule has 28 heavy (non-hydrogen) atoms. The van der Waals surface area contributed by atoms with Gasteiger partial charge in [-0.25, -0.2) is 10.5 Å². The van der Waals surface area contributed by atoms with Crippen LogP contribution in [0.3, 0.4) is 0 Å². The van der Waals surface area contributed by atoms with Crippen LogP contribution in [0.2, 0.25) is 0 Å². The first-order valence-electron chi connectivity index (χ1n) is 7.13. The molecule has 14 heteroatoms. The van der Waals surface area contributed by atoms with E-state index in [2.05, 4.69) is 103 Å². The number of hydrogen-bond acceptors (Lipinski definition) is 6. The quantitative estimate of drug-likeness (QED) is 0.128. The van der Waals surface area contributed by atoms with Crippen LogP contribution in [-0.4, -0.2) is 75.4 Å². The van der Waals surface area contributed by atoms with Crippen LogP contribution in [0.15, 0.2) is 0 Å². The molecule has 0 spiro atoms. The Labute approximate surface area is 228 Å². The van der Waals surface area contributed by atoms with E-state index in [1.54, 1.807) is 11.8 Å². The maximum absolute atomic E-state index is 7.13. The summed E-state index contributed by atoms with van der Waals surface area (Å²) in [6, 6.07) is 0. The first-order chi connectivity index (χ1) is 11.9. The molecule has 168 valence electrons. The van der Waals surface area contributed by atoms with Crippen molar-refractivity contribution < 1.29 is 42.1 Å². The summed E-state index contributed by atoms with van der Waals surface area (Å²) < 4.78 is 0. The number of thiocarbonyl (C=S) groups is 2. The van der Waals surface area contributed by atoms with Crippen molar-refractivity contribution in [2.75, 3.05) is 65.1 Å². The van der Waals surface area contributed by atoms with Crippen LogP contribution in [0.1, 0.15) is 0 Å². The van der Waals surface area contributed by atoms with Gasteiger partial charge in [0.15, 0.2) is 11.8 Å². The van der Waals surface area contributed by atoms with E-state index in [-0.39, 0.29) is 73.8 Å². The third-order valence-corrected chi connectivity index (χ3v) is 12.7. The second-order valence-corrected chi connectivity index (χ2v) is 18.8. The Kier molecular flexibility index (Phi) is 106. The first-order valence-corrected chi connectivity index (χ1v) is 19.6. The summed E-state index contributed by atoms with van der Waals surface area (Å²) in [6.45, 7) is 19.1. The van der Waals surface area contributed by atoms with E-state index in [9.17, 15) is 0 Å². The monoisotopic (exact) mass is 898 g/mol. The van der Waals surface area contributed by atoms with E-state index in [0.29, 0.717) is 0 Å². The summed E-state index contributed by atoms with van der Waals surface area (Å²) in [5, 5.41) is 33.9. The van der Waals surface area contributed by atoms with E-state index < -0.39 is 0 Å². The van der Waals surface area contributed by atoms with Gasteiger partial charge in [0.2, 0.25) is 0 Å². The maximum atomic E-state index is 7.13. The average Bonchev–Trinajstić information content (AvgIpc) is 2.39. The van der Waals surface area contributed by atoms with Gasteiger partial charge in [0.05, 0.1) is 0 Å². The van der Waals surface area contributed by atoms with Crippen molar-refractivity contribution >= 4 is 91.7 Å². The number of hydrogen-bond donors (Lipinski definition) is 0. The molecule has 0 radical (unpaired) electrons. The molecule has 0 fully saturated rings. The van der Waals surface area contributed by atoms with Gasteiger partial charge in [-0.1, -0.05) is 35.2 Å². The van der Waals surface area contributed by atoms with Gasteiger partial charge in [0.25, 0.3) is 0 Å². The minimum Gasteiger partial charge on any atom is -0.753 e. The van der Waals surface area contributed by atoms with Crippen LogP contribution in [0, 0.1) is 21.3 Å². The van der Waals surface area contributed by atoms with Gasteiger partial charge >= 0.3 is 42.1 Å². The molecule has 0 bridgehead atoms. The molecule has 0 aromatic carbocycles. The van der Waals surface area contributed by atoms with Crippen LogP contribution in [0.4, 0.5) is 0 Å². The van der Waals surface area contributed by atoms with Gasteiger partial charge in [-0.2, -0.15) is 10.3 Å². The standard InChI is InChI=1S/2C5H14P2.2CHNS.2CNS.2Pt/c2*1-6(2)5-7(3)4;4*2-1-3;;/h2*5H2,1-4H3;2*3H;;;;/q;;;;2*-1;2*+2/p+2. The molecule has 0 aliphatic heterocycles. The number of rotatable bonds is 4. The zero-order valence-electron chi connectivity index (χ0n) is 17.5. The predicted octanol–water partition coefficient (Wildman–Crippen LogP) is 5.12. The van der Waals surface area contributed by atoms with Crippen molar-refractivity contribution in [3.63, 3.8) is 0 Å². The predicted molar refractivity (Wildman–Crippen MR) is 148 cm³/mol. The SMILES string of the molecule is C[PH+](C)C[PH+](C)C.C[PH+](C)C[PH+](C)C.N#C[S-].N#C[S-].[N-]=C=S.[N-]=C=S.[Pt+2].[Pt+2]. The second-order valence-electron chi connectivity index (χ2n) is 5.55. The van der Waals surface area contributed by atoms with Gasteiger partial charge in [0.1, 0.15) is 0 Å². The minimum absolute atomic E-state index is 0. The third-order valence-electron chi connectivity index (χ3n) is 1.41. The third kappa shape index (κ3) is 202. The van der Waals surface area contributed by atoms with Crippen LogP contribution in [-0.2, 0) is 67.4 Å². The number of nitrogens with zero attached hydrogens (tertiary/aromatic N) is 4. The molecule has 0 aliphatic rings. The fraction of sp³-hybridized carbons (Fsp3) is 0.714. The van der Waals surface area contributed by atoms with Crippen LogP contribution in [0.5, 0.6) is 0 Å². The van der Waals surface area contributed by atoms with E-state index in [1.807, 2.05) is 0 Å². The summed E-state index contributed by atoms with van der Waals surface area (Å²) in [5.41, 5.74) is 0. The molecule has 4 nitrogen and oxygen atoms in total. The molecule has 0 saturated carbocycles. The van der Waals surface area contributed by atoms with Crippen molar-refractivity contribution in [1.82, 2.24) is 0 Å². The van der Waals surface area contributed by atoms with Crippen molar-refractivity contribution in [2.45, 2.75) is 0 Å². The zero-order valence-corrected chi connectivity index (χ0v) is 29.3. The molecular formula is C14H32N4P4Pt2S4+4. The van der Waals surface area contributed by atoms with E-state index in [0.717, 1.165) is 0 Å². The van der Waals surface area contributed by atoms with Gasteiger partial charge in [0, 0.05) is 85.0 Å². The smallest absolute Gasteiger partial charge is 0.753 e.